The number of amides is 1. The van der Waals surface area contributed by atoms with Gasteiger partial charge in [0.25, 0.3) is 0 Å². The van der Waals surface area contributed by atoms with Crippen molar-refractivity contribution >= 4 is 6.09 Å². The van der Waals surface area contributed by atoms with Crippen molar-refractivity contribution in [2.75, 3.05) is 20.8 Å². The lowest BCUT2D eigenvalue weighted by molar-refractivity contribution is 0.0107. The average molecular weight is 342 g/mol. The summed E-state index contributed by atoms with van der Waals surface area (Å²) in [6.07, 6.45) is -2.76. The zero-order valence-electron chi connectivity index (χ0n) is 14.7. The summed E-state index contributed by atoms with van der Waals surface area (Å²) in [5.74, 6) is 0.505. The van der Waals surface area contributed by atoms with Crippen LogP contribution in [0.5, 0.6) is 11.8 Å². The molecule has 0 aliphatic rings. The molecule has 136 valence electrons. The lowest BCUT2D eigenvalue weighted by Crippen LogP contribution is -2.34. The number of alkyl carbamates (subject to hydrolysis) is 1. The maximum absolute atomic E-state index is 11.5. The number of ether oxygens (including phenoxy) is 3. The molecule has 1 heterocycles. The number of methoxy groups -OCH3 is 2. The van der Waals surface area contributed by atoms with Gasteiger partial charge in [-0.05, 0) is 33.3 Å². The van der Waals surface area contributed by atoms with Gasteiger partial charge in [-0.1, -0.05) is 0 Å². The number of carbonyl (C=O) groups excluding carboxylic acids is 1. The standard InChI is InChI=1S/C16H26N2O6/c1-16(2,3)24-15(21)17-9-8-11(19)13(20)10-6-7-12(22-4)18-14(10)23-5/h6-7,11,13,19-20H,8-9H2,1-5H3,(H,17,21). The Morgan fingerprint density at radius 3 is 2.46 bits per heavy atom. The smallest absolute Gasteiger partial charge is 0.407 e. The average Bonchev–Trinajstić information content (AvgIpc) is 2.51. The first kappa shape index (κ1) is 20.0. The predicted molar refractivity (Wildman–Crippen MR) is 87.2 cm³/mol. The molecular formula is C16H26N2O6. The molecule has 0 aliphatic heterocycles. The van der Waals surface area contributed by atoms with Crippen molar-refractivity contribution in [2.24, 2.45) is 0 Å². The van der Waals surface area contributed by atoms with Crippen LogP contribution in [0.15, 0.2) is 12.1 Å². The summed E-state index contributed by atoms with van der Waals surface area (Å²) >= 11 is 0. The fourth-order valence-electron chi connectivity index (χ4n) is 1.94. The van der Waals surface area contributed by atoms with Crippen molar-refractivity contribution < 1.29 is 29.2 Å². The van der Waals surface area contributed by atoms with Crippen LogP contribution in [0, 0.1) is 0 Å². The Morgan fingerprint density at radius 2 is 1.92 bits per heavy atom. The van der Waals surface area contributed by atoms with Crippen LogP contribution in [-0.2, 0) is 4.74 Å². The highest BCUT2D eigenvalue weighted by atomic mass is 16.6. The van der Waals surface area contributed by atoms with Crippen molar-refractivity contribution in [3.63, 3.8) is 0 Å². The Labute approximate surface area is 141 Å². The number of aliphatic hydroxyl groups is 2. The van der Waals surface area contributed by atoms with Crippen molar-refractivity contribution in [2.45, 2.75) is 45.0 Å². The predicted octanol–water partition coefficient (Wildman–Crippen LogP) is 1.41. The van der Waals surface area contributed by atoms with E-state index < -0.39 is 23.9 Å². The largest absolute Gasteiger partial charge is 0.481 e. The molecule has 1 aromatic rings. The van der Waals surface area contributed by atoms with Crippen molar-refractivity contribution in [1.82, 2.24) is 10.3 Å². The third-order valence-electron chi connectivity index (χ3n) is 3.06. The number of nitrogens with zero attached hydrogens (tertiary/aromatic N) is 1. The molecule has 0 saturated carbocycles. The first-order valence-electron chi connectivity index (χ1n) is 7.60. The highest BCUT2D eigenvalue weighted by Gasteiger charge is 2.23. The molecule has 0 fully saturated rings. The molecular weight excluding hydrogens is 316 g/mol. The van der Waals surface area contributed by atoms with Gasteiger partial charge in [0.05, 0.1) is 20.3 Å². The summed E-state index contributed by atoms with van der Waals surface area (Å²) < 4.78 is 15.2. The van der Waals surface area contributed by atoms with Gasteiger partial charge in [-0.3, -0.25) is 0 Å². The molecule has 0 aliphatic carbocycles. The van der Waals surface area contributed by atoms with Crippen LogP contribution in [-0.4, -0.2) is 53.8 Å². The minimum absolute atomic E-state index is 0.135. The Bertz CT molecular complexity index is 544. The minimum Gasteiger partial charge on any atom is -0.481 e. The molecule has 2 unspecified atom stereocenters. The Morgan fingerprint density at radius 1 is 1.25 bits per heavy atom. The molecule has 8 heteroatoms. The van der Waals surface area contributed by atoms with Gasteiger partial charge in [0.15, 0.2) is 0 Å². The lowest BCUT2D eigenvalue weighted by Gasteiger charge is -2.22. The molecule has 1 aromatic heterocycles. The molecule has 3 N–H and O–H groups in total. The quantitative estimate of drug-likeness (QED) is 0.687. The SMILES string of the molecule is COc1ccc(C(O)C(O)CCNC(=O)OC(C)(C)C)c(OC)n1. The van der Waals surface area contributed by atoms with Crippen LogP contribution in [0.2, 0.25) is 0 Å². The van der Waals surface area contributed by atoms with E-state index in [0.29, 0.717) is 11.4 Å². The van der Waals surface area contributed by atoms with E-state index in [1.165, 1.54) is 14.2 Å². The zero-order chi connectivity index (χ0) is 18.3. The lowest BCUT2D eigenvalue weighted by atomic mass is 10.0. The van der Waals surface area contributed by atoms with Crippen LogP contribution in [0.1, 0.15) is 38.9 Å². The molecule has 0 spiro atoms. The van der Waals surface area contributed by atoms with E-state index >= 15 is 0 Å². The van der Waals surface area contributed by atoms with Crippen LogP contribution in [0.3, 0.4) is 0 Å². The summed E-state index contributed by atoms with van der Waals surface area (Å²) in [4.78, 5) is 15.6. The Hall–Kier alpha value is -2.06. The third kappa shape index (κ3) is 6.21. The van der Waals surface area contributed by atoms with Gasteiger partial charge >= 0.3 is 6.09 Å². The number of rotatable bonds is 7. The number of carbonyl (C=O) groups is 1. The van der Waals surface area contributed by atoms with Crippen molar-refractivity contribution in [3.8, 4) is 11.8 Å². The summed E-state index contributed by atoms with van der Waals surface area (Å²) in [5.41, 5.74) is -0.257. The first-order chi connectivity index (χ1) is 11.2. The second-order valence-corrected chi connectivity index (χ2v) is 6.18. The summed E-state index contributed by atoms with van der Waals surface area (Å²) in [6.45, 7) is 5.43. The van der Waals surface area contributed by atoms with Crippen LogP contribution < -0.4 is 14.8 Å². The fourth-order valence-corrected chi connectivity index (χ4v) is 1.94. The van der Waals surface area contributed by atoms with Crippen LogP contribution in [0.25, 0.3) is 0 Å². The normalized spacial score (nSPS) is 13.8. The minimum atomic E-state index is -1.21. The zero-order valence-corrected chi connectivity index (χ0v) is 14.7. The maximum atomic E-state index is 11.5. The summed E-state index contributed by atoms with van der Waals surface area (Å²) in [7, 11) is 2.88. The number of aliphatic hydroxyl groups excluding tert-OH is 2. The molecule has 24 heavy (non-hydrogen) atoms. The van der Waals surface area contributed by atoms with E-state index in [1.807, 2.05) is 0 Å². The highest BCUT2D eigenvalue weighted by molar-refractivity contribution is 5.67. The molecule has 8 nitrogen and oxygen atoms in total. The van der Waals surface area contributed by atoms with E-state index in [0.717, 1.165) is 0 Å². The van der Waals surface area contributed by atoms with E-state index in [-0.39, 0.29) is 18.8 Å². The molecule has 1 amide bonds. The monoisotopic (exact) mass is 342 g/mol. The van der Waals surface area contributed by atoms with Gasteiger partial charge in [-0.25, -0.2) is 4.79 Å². The molecule has 0 bridgehead atoms. The van der Waals surface area contributed by atoms with Gasteiger partial charge < -0.3 is 29.7 Å². The Balaban J connectivity index is 2.59. The van der Waals surface area contributed by atoms with Crippen LogP contribution in [0.4, 0.5) is 4.79 Å². The van der Waals surface area contributed by atoms with Crippen molar-refractivity contribution in [3.05, 3.63) is 17.7 Å². The fraction of sp³-hybridized carbons (Fsp3) is 0.625. The Kier molecular flexibility index (Phi) is 7.24. The van der Waals surface area contributed by atoms with E-state index in [1.54, 1.807) is 32.9 Å². The third-order valence-corrected chi connectivity index (χ3v) is 3.06. The van der Waals surface area contributed by atoms with Gasteiger partial charge in [0.1, 0.15) is 11.7 Å². The number of aromatic nitrogens is 1. The number of pyridine rings is 1. The number of nitrogens with one attached hydrogen (secondary N) is 1. The van der Waals surface area contributed by atoms with E-state index in [9.17, 15) is 15.0 Å². The second-order valence-electron chi connectivity index (χ2n) is 6.18. The van der Waals surface area contributed by atoms with Gasteiger partial charge in [0, 0.05) is 18.2 Å². The van der Waals surface area contributed by atoms with Crippen molar-refractivity contribution in [1.29, 1.82) is 0 Å². The second kappa shape index (κ2) is 8.70. The molecule has 1 rings (SSSR count). The summed E-state index contributed by atoms with van der Waals surface area (Å²) in [5, 5.41) is 22.9. The number of hydrogen-bond acceptors (Lipinski definition) is 7. The van der Waals surface area contributed by atoms with Crippen LogP contribution >= 0.6 is 0 Å². The molecule has 0 saturated heterocycles. The molecule has 0 aromatic carbocycles. The van der Waals surface area contributed by atoms with Gasteiger partial charge in [-0.15, -0.1) is 0 Å². The van der Waals surface area contributed by atoms with E-state index in [4.69, 9.17) is 14.2 Å². The molecule has 2 atom stereocenters. The van der Waals surface area contributed by atoms with E-state index in [2.05, 4.69) is 10.3 Å². The highest BCUT2D eigenvalue weighted by Crippen LogP contribution is 2.28. The number of hydrogen-bond donors (Lipinski definition) is 3. The summed E-state index contributed by atoms with van der Waals surface area (Å²) in [6, 6.07) is 3.13. The maximum Gasteiger partial charge on any atom is 0.407 e. The van der Waals surface area contributed by atoms with Gasteiger partial charge in [0.2, 0.25) is 11.8 Å². The topological polar surface area (TPSA) is 110 Å². The molecule has 0 radical (unpaired) electrons. The van der Waals surface area contributed by atoms with Gasteiger partial charge in [-0.2, -0.15) is 4.98 Å². The first-order valence-corrected chi connectivity index (χ1v) is 7.60.